The molecule has 0 saturated heterocycles. The van der Waals surface area contributed by atoms with E-state index in [2.05, 4.69) is 27.7 Å². The summed E-state index contributed by atoms with van der Waals surface area (Å²) < 4.78 is 0. The standard InChI is InChI=1S/C20H34O2/c1-17(2)10-14(21)11-18(3)15(17)7-8-20-9-13(5-6-16(18)20)19(4,22)12-20/h13-16,21-22H,5-12H2,1-4H3/t13-,14+,15-,16+,18-,19-,20+/m1/s1. The minimum atomic E-state index is -0.444. The highest BCUT2D eigenvalue weighted by molar-refractivity contribution is 5.16. The molecule has 0 amide bonds. The second-order valence-corrected chi connectivity index (χ2v) is 10.6. The molecule has 0 unspecified atom stereocenters. The summed E-state index contributed by atoms with van der Waals surface area (Å²) in [6.45, 7) is 9.34. The Morgan fingerprint density at radius 2 is 1.59 bits per heavy atom. The van der Waals surface area contributed by atoms with Crippen molar-refractivity contribution < 1.29 is 10.2 Å². The van der Waals surface area contributed by atoms with E-state index < -0.39 is 5.60 Å². The molecule has 2 heteroatoms. The first-order valence-electron chi connectivity index (χ1n) is 9.50. The van der Waals surface area contributed by atoms with E-state index >= 15 is 0 Å². The van der Waals surface area contributed by atoms with Crippen LogP contribution in [0, 0.1) is 34.0 Å². The summed E-state index contributed by atoms with van der Waals surface area (Å²) in [6.07, 6.45) is 9.14. The molecule has 2 nitrogen and oxygen atoms in total. The third-order valence-corrected chi connectivity index (χ3v) is 8.69. The zero-order chi connectivity index (χ0) is 16.0. The predicted octanol–water partition coefficient (Wildman–Crippen LogP) is 4.14. The molecule has 22 heavy (non-hydrogen) atoms. The Labute approximate surface area is 135 Å². The fraction of sp³-hybridized carbons (Fsp3) is 1.00. The average molecular weight is 306 g/mol. The Bertz CT molecular complexity index is 482. The van der Waals surface area contributed by atoms with Crippen LogP contribution in [0.3, 0.4) is 0 Å². The van der Waals surface area contributed by atoms with Gasteiger partial charge in [0.05, 0.1) is 11.7 Å². The molecule has 0 aliphatic heterocycles. The number of aliphatic hydroxyl groups is 2. The number of hydrogen-bond donors (Lipinski definition) is 2. The molecular weight excluding hydrogens is 272 g/mol. The van der Waals surface area contributed by atoms with Crippen LogP contribution in [0.1, 0.15) is 79.1 Å². The second kappa shape index (κ2) is 4.30. The van der Waals surface area contributed by atoms with Crippen LogP contribution in [0.15, 0.2) is 0 Å². The van der Waals surface area contributed by atoms with Crippen LogP contribution < -0.4 is 0 Å². The average Bonchev–Trinajstić information content (AvgIpc) is 2.52. The molecule has 2 bridgehead atoms. The highest BCUT2D eigenvalue weighted by Crippen LogP contribution is 2.72. The summed E-state index contributed by atoms with van der Waals surface area (Å²) in [5.74, 6) is 1.96. The quantitative estimate of drug-likeness (QED) is 0.706. The molecule has 1 spiro atoms. The molecule has 4 rings (SSSR count). The van der Waals surface area contributed by atoms with Gasteiger partial charge in [0, 0.05) is 0 Å². The highest BCUT2D eigenvalue weighted by atomic mass is 16.3. The molecule has 7 atom stereocenters. The van der Waals surface area contributed by atoms with Crippen molar-refractivity contribution in [3.8, 4) is 0 Å². The van der Waals surface area contributed by atoms with E-state index in [4.69, 9.17) is 0 Å². The first-order valence-corrected chi connectivity index (χ1v) is 9.50. The van der Waals surface area contributed by atoms with Gasteiger partial charge in [0.1, 0.15) is 0 Å². The summed E-state index contributed by atoms with van der Waals surface area (Å²) in [5.41, 5.74) is 0.447. The minimum Gasteiger partial charge on any atom is -0.393 e. The van der Waals surface area contributed by atoms with Crippen molar-refractivity contribution in [1.29, 1.82) is 0 Å². The topological polar surface area (TPSA) is 40.5 Å². The van der Waals surface area contributed by atoms with Crippen molar-refractivity contribution in [3.63, 3.8) is 0 Å². The van der Waals surface area contributed by atoms with Crippen molar-refractivity contribution >= 4 is 0 Å². The van der Waals surface area contributed by atoms with Gasteiger partial charge in [0.2, 0.25) is 0 Å². The SMILES string of the molecule is CC1(C)C[C@H](O)C[C@]2(C)[C@@H]1CC[C@@]13C[C@@H](CC[C@H]12)[C@](C)(O)C3. The third-order valence-electron chi connectivity index (χ3n) is 8.69. The molecule has 4 aliphatic rings. The number of fused-ring (bicyclic) bond motifs is 3. The van der Waals surface area contributed by atoms with E-state index in [1.165, 1.54) is 32.1 Å². The fourth-order valence-electron chi connectivity index (χ4n) is 8.29. The monoisotopic (exact) mass is 306 g/mol. The molecule has 0 aromatic carbocycles. The summed E-state index contributed by atoms with van der Waals surface area (Å²) >= 11 is 0. The van der Waals surface area contributed by atoms with Crippen LogP contribution in [0.25, 0.3) is 0 Å². The zero-order valence-electron chi connectivity index (χ0n) is 14.9. The Balaban J connectivity index is 1.74. The molecule has 2 N–H and O–H groups in total. The van der Waals surface area contributed by atoms with Gasteiger partial charge in [-0.25, -0.2) is 0 Å². The molecule has 0 radical (unpaired) electrons. The molecule has 0 aromatic rings. The second-order valence-electron chi connectivity index (χ2n) is 10.6. The van der Waals surface area contributed by atoms with Crippen LogP contribution >= 0.6 is 0 Å². The van der Waals surface area contributed by atoms with Gasteiger partial charge >= 0.3 is 0 Å². The van der Waals surface area contributed by atoms with Gasteiger partial charge in [-0.05, 0) is 92.3 Å². The first kappa shape index (κ1) is 15.4. The van der Waals surface area contributed by atoms with E-state index in [0.29, 0.717) is 17.3 Å². The van der Waals surface area contributed by atoms with Crippen LogP contribution in [-0.4, -0.2) is 21.9 Å². The highest BCUT2D eigenvalue weighted by Gasteiger charge is 2.66. The number of hydrogen-bond acceptors (Lipinski definition) is 2. The van der Waals surface area contributed by atoms with Gasteiger partial charge in [-0.2, -0.15) is 0 Å². The zero-order valence-corrected chi connectivity index (χ0v) is 14.9. The molecule has 126 valence electrons. The van der Waals surface area contributed by atoms with Gasteiger partial charge < -0.3 is 10.2 Å². The lowest BCUT2D eigenvalue weighted by Crippen LogP contribution is -2.58. The largest absolute Gasteiger partial charge is 0.393 e. The van der Waals surface area contributed by atoms with Crippen molar-refractivity contribution in [2.75, 3.05) is 0 Å². The maximum atomic E-state index is 10.9. The molecule has 4 aliphatic carbocycles. The van der Waals surface area contributed by atoms with Crippen molar-refractivity contribution in [2.45, 2.75) is 90.8 Å². The molecular formula is C20H34O2. The normalized spacial score (nSPS) is 59.7. The Kier molecular flexibility index (Phi) is 3.02. The van der Waals surface area contributed by atoms with E-state index in [9.17, 15) is 10.2 Å². The van der Waals surface area contributed by atoms with E-state index in [0.717, 1.165) is 25.2 Å². The van der Waals surface area contributed by atoms with Crippen LogP contribution in [0.4, 0.5) is 0 Å². The van der Waals surface area contributed by atoms with Gasteiger partial charge in [0.25, 0.3) is 0 Å². The first-order chi connectivity index (χ1) is 10.1. The molecule has 4 fully saturated rings. The van der Waals surface area contributed by atoms with E-state index in [1.807, 2.05) is 0 Å². The maximum absolute atomic E-state index is 10.9. The van der Waals surface area contributed by atoms with Gasteiger partial charge in [-0.1, -0.05) is 20.8 Å². The predicted molar refractivity (Wildman–Crippen MR) is 88.4 cm³/mol. The Hall–Kier alpha value is -0.0800. The summed E-state index contributed by atoms with van der Waals surface area (Å²) in [4.78, 5) is 0. The maximum Gasteiger partial charge on any atom is 0.0653 e. The summed E-state index contributed by atoms with van der Waals surface area (Å²) in [6, 6.07) is 0. The molecule has 0 heterocycles. The third kappa shape index (κ3) is 1.86. The van der Waals surface area contributed by atoms with Gasteiger partial charge in [-0.3, -0.25) is 0 Å². The summed E-state index contributed by atoms with van der Waals surface area (Å²) in [7, 11) is 0. The smallest absolute Gasteiger partial charge is 0.0653 e. The van der Waals surface area contributed by atoms with Crippen LogP contribution in [-0.2, 0) is 0 Å². The lowest BCUT2D eigenvalue weighted by Gasteiger charge is -2.64. The van der Waals surface area contributed by atoms with Crippen LogP contribution in [0.5, 0.6) is 0 Å². The van der Waals surface area contributed by atoms with Crippen molar-refractivity contribution in [2.24, 2.45) is 34.0 Å². The van der Waals surface area contributed by atoms with Gasteiger partial charge in [0.15, 0.2) is 0 Å². The lowest BCUT2D eigenvalue weighted by atomic mass is 9.41. The lowest BCUT2D eigenvalue weighted by molar-refractivity contribution is -0.171. The fourth-order valence-corrected chi connectivity index (χ4v) is 8.29. The van der Waals surface area contributed by atoms with Gasteiger partial charge in [-0.15, -0.1) is 0 Å². The van der Waals surface area contributed by atoms with Crippen LogP contribution in [0.2, 0.25) is 0 Å². The summed E-state index contributed by atoms with van der Waals surface area (Å²) in [5, 5.41) is 21.4. The molecule has 0 aromatic heterocycles. The Morgan fingerprint density at radius 3 is 2.32 bits per heavy atom. The van der Waals surface area contributed by atoms with E-state index in [1.54, 1.807) is 0 Å². The van der Waals surface area contributed by atoms with E-state index in [-0.39, 0.29) is 16.9 Å². The minimum absolute atomic E-state index is 0.133. The van der Waals surface area contributed by atoms with Crippen molar-refractivity contribution in [3.05, 3.63) is 0 Å². The Morgan fingerprint density at radius 1 is 0.864 bits per heavy atom. The number of rotatable bonds is 0. The molecule has 4 saturated carbocycles. The van der Waals surface area contributed by atoms with Crippen molar-refractivity contribution in [1.82, 2.24) is 0 Å². The number of aliphatic hydroxyl groups excluding tert-OH is 1.